The van der Waals surface area contributed by atoms with Gasteiger partial charge >= 0.3 is 12.2 Å². The number of hydrogen-bond acceptors (Lipinski definition) is 5. The molecule has 3 N–H and O–H groups in total. The fourth-order valence-electron chi connectivity index (χ4n) is 1.80. The van der Waals surface area contributed by atoms with Gasteiger partial charge in [0.1, 0.15) is 12.2 Å². The first-order chi connectivity index (χ1) is 11.3. The number of alkyl carbamates (subject to hydrolysis) is 2. The van der Waals surface area contributed by atoms with E-state index < -0.39 is 23.8 Å². The molecule has 1 aromatic rings. The number of aliphatic hydroxyl groups is 1. The number of ether oxygens (including phenoxy) is 2. The smallest absolute Gasteiger partial charge is 0.407 e. The summed E-state index contributed by atoms with van der Waals surface area (Å²) in [4.78, 5) is 23.2. The van der Waals surface area contributed by atoms with E-state index in [2.05, 4.69) is 10.6 Å². The van der Waals surface area contributed by atoms with Crippen LogP contribution in [0, 0.1) is 0 Å². The number of benzene rings is 1. The van der Waals surface area contributed by atoms with Gasteiger partial charge < -0.3 is 25.2 Å². The Hall–Kier alpha value is -2.28. The van der Waals surface area contributed by atoms with Crippen molar-refractivity contribution in [2.45, 2.75) is 45.4 Å². The van der Waals surface area contributed by atoms with Gasteiger partial charge in [-0.2, -0.15) is 0 Å². The van der Waals surface area contributed by atoms with Gasteiger partial charge in [-0.3, -0.25) is 0 Å². The van der Waals surface area contributed by atoms with Crippen LogP contribution in [0.1, 0.15) is 32.8 Å². The zero-order valence-corrected chi connectivity index (χ0v) is 14.4. The zero-order valence-electron chi connectivity index (χ0n) is 14.4. The Morgan fingerprint density at radius 2 is 1.83 bits per heavy atom. The summed E-state index contributed by atoms with van der Waals surface area (Å²) in [6.45, 7) is 5.48. The first kappa shape index (κ1) is 19.8. The van der Waals surface area contributed by atoms with E-state index in [-0.39, 0.29) is 19.8 Å². The molecule has 0 aliphatic rings. The number of carbonyl (C=O) groups is 2. The van der Waals surface area contributed by atoms with E-state index in [9.17, 15) is 14.7 Å². The lowest BCUT2D eigenvalue weighted by atomic mass is 10.2. The summed E-state index contributed by atoms with van der Waals surface area (Å²) in [6.07, 6.45) is -0.795. The molecule has 0 spiro atoms. The number of nitrogens with one attached hydrogen (secondary N) is 2. The molecular formula is C17H26N2O5. The Morgan fingerprint density at radius 3 is 2.42 bits per heavy atom. The largest absolute Gasteiger partial charge is 0.445 e. The number of hydrogen-bond donors (Lipinski definition) is 3. The molecule has 134 valence electrons. The van der Waals surface area contributed by atoms with Crippen LogP contribution in [-0.2, 0) is 16.1 Å². The van der Waals surface area contributed by atoms with Gasteiger partial charge in [-0.1, -0.05) is 30.3 Å². The van der Waals surface area contributed by atoms with Crippen molar-refractivity contribution in [1.29, 1.82) is 0 Å². The zero-order chi connectivity index (χ0) is 18.0. The highest BCUT2D eigenvalue weighted by Gasteiger charge is 2.17. The lowest BCUT2D eigenvalue weighted by Crippen LogP contribution is -2.41. The number of amides is 2. The van der Waals surface area contributed by atoms with E-state index in [4.69, 9.17) is 9.47 Å². The minimum Gasteiger partial charge on any atom is -0.445 e. The molecule has 1 aromatic carbocycles. The molecule has 0 saturated carbocycles. The van der Waals surface area contributed by atoms with Crippen LogP contribution in [0.3, 0.4) is 0 Å². The highest BCUT2D eigenvalue weighted by molar-refractivity contribution is 5.68. The van der Waals surface area contributed by atoms with Crippen LogP contribution < -0.4 is 10.6 Å². The van der Waals surface area contributed by atoms with E-state index in [0.29, 0.717) is 6.42 Å². The van der Waals surface area contributed by atoms with E-state index in [1.54, 1.807) is 20.8 Å². The molecule has 24 heavy (non-hydrogen) atoms. The van der Waals surface area contributed by atoms with Gasteiger partial charge in [-0.25, -0.2) is 9.59 Å². The molecule has 2 amide bonds. The first-order valence-electron chi connectivity index (χ1n) is 7.85. The summed E-state index contributed by atoms with van der Waals surface area (Å²) in [5, 5.41) is 14.4. The summed E-state index contributed by atoms with van der Waals surface area (Å²) in [5.41, 5.74) is 0.305. The molecule has 0 aliphatic heterocycles. The van der Waals surface area contributed by atoms with Crippen molar-refractivity contribution in [2.24, 2.45) is 0 Å². The predicted molar refractivity (Wildman–Crippen MR) is 89.5 cm³/mol. The lowest BCUT2D eigenvalue weighted by molar-refractivity contribution is 0.0524. The fourth-order valence-corrected chi connectivity index (χ4v) is 1.80. The van der Waals surface area contributed by atoms with Crippen molar-refractivity contribution in [1.82, 2.24) is 10.6 Å². The topological polar surface area (TPSA) is 96.9 Å². The fraction of sp³-hybridized carbons (Fsp3) is 0.529. The summed E-state index contributed by atoms with van der Waals surface area (Å²) < 4.78 is 10.2. The van der Waals surface area contributed by atoms with Gasteiger partial charge in [-0.15, -0.1) is 0 Å². The van der Waals surface area contributed by atoms with E-state index in [0.717, 1.165) is 5.56 Å². The van der Waals surface area contributed by atoms with Crippen LogP contribution in [0.4, 0.5) is 9.59 Å². The Bertz CT molecular complexity index is 513. The van der Waals surface area contributed by atoms with Crippen molar-refractivity contribution in [3.63, 3.8) is 0 Å². The maximum Gasteiger partial charge on any atom is 0.407 e. The van der Waals surface area contributed by atoms with Gasteiger partial charge in [0, 0.05) is 6.54 Å². The summed E-state index contributed by atoms with van der Waals surface area (Å²) in [7, 11) is 0. The number of rotatable bonds is 7. The molecule has 0 radical (unpaired) electrons. The molecule has 7 nitrogen and oxygen atoms in total. The van der Waals surface area contributed by atoms with Crippen molar-refractivity contribution in [3.05, 3.63) is 35.9 Å². The van der Waals surface area contributed by atoms with Crippen LogP contribution in [0.25, 0.3) is 0 Å². The average molecular weight is 338 g/mol. The Kier molecular flexibility index (Phi) is 8.05. The normalized spacial score (nSPS) is 12.2. The van der Waals surface area contributed by atoms with Gasteiger partial charge in [0.2, 0.25) is 0 Å². The van der Waals surface area contributed by atoms with Gasteiger partial charge in [0.05, 0.1) is 12.6 Å². The Labute approximate surface area is 142 Å². The summed E-state index contributed by atoms with van der Waals surface area (Å²) >= 11 is 0. The van der Waals surface area contributed by atoms with E-state index in [1.807, 2.05) is 30.3 Å². The molecule has 0 aliphatic carbocycles. The van der Waals surface area contributed by atoms with Gasteiger partial charge in [-0.05, 0) is 32.8 Å². The second-order valence-electron chi connectivity index (χ2n) is 6.30. The van der Waals surface area contributed by atoms with E-state index in [1.165, 1.54) is 0 Å². The average Bonchev–Trinajstić information content (AvgIpc) is 2.51. The van der Waals surface area contributed by atoms with Crippen molar-refractivity contribution in [3.8, 4) is 0 Å². The maximum atomic E-state index is 11.7. The predicted octanol–water partition coefficient (Wildman–Crippen LogP) is 2.19. The minimum absolute atomic E-state index is 0.154. The van der Waals surface area contributed by atoms with Crippen LogP contribution in [-0.4, -0.2) is 42.1 Å². The molecule has 0 bridgehead atoms. The molecule has 0 unspecified atom stereocenters. The molecule has 1 rings (SSSR count). The van der Waals surface area contributed by atoms with E-state index >= 15 is 0 Å². The monoisotopic (exact) mass is 338 g/mol. The molecule has 1 atom stereocenters. The highest BCUT2D eigenvalue weighted by atomic mass is 16.6. The minimum atomic E-state index is -0.616. The molecule has 0 heterocycles. The highest BCUT2D eigenvalue weighted by Crippen LogP contribution is 2.06. The maximum absolute atomic E-state index is 11.7. The van der Waals surface area contributed by atoms with Crippen LogP contribution in [0.15, 0.2) is 30.3 Å². The summed E-state index contributed by atoms with van der Waals surface area (Å²) in [6, 6.07) is 8.78. The molecular weight excluding hydrogens is 312 g/mol. The Morgan fingerprint density at radius 1 is 1.17 bits per heavy atom. The van der Waals surface area contributed by atoms with Crippen LogP contribution >= 0.6 is 0 Å². The molecule has 0 saturated heterocycles. The second kappa shape index (κ2) is 9.77. The molecule has 7 heteroatoms. The standard InChI is InChI=1S/C17H26N2O5/c1-17(2,3)24-15(21)18-10-9-14(11-20)19-16(22)23-12-13-7-5-4-6-8-13/h4-8,14,20H,9-12H2,1-3H3,(H,18,21)(H,19,22)/t14-/m0/s1. The second-order valence-corrected chi connectivity index (χ2v) is 6.30. The number of carbonyl (C=O) groups excluding carboxylic acids is 2. The third-order valence-corrected chi connectivity index (χ3v) is 2.92. The van der Waals surface area contributed by atoms with Crippen LogP contribution in [0.2, 0.25) is 0 Å². The van der Waals surface area contributed by atoms with Crippen molar-refractivity contribution in [2.75, 3.05) is 13.2 Å². The lowest BCUT2D eigenvalue weighted by Gasteiger charge is -2.20. The molecule has 0 fully saturated rings. The SMILES string of the molecule is CC(C)(C)OC(=O)NCC[C@@H](CO)NC(=O)OCc1ccccc1. The third kappa shape index (κ3) is 8.99. The quantitative estimate of drug-likeness (QED) is 0.708. The third-order valence-electron chi connectivity index (χ3n) is 2.92. The molecule has 0 aromatic heterocycles. The van der Waals surface area contributed by atoms with Crippen LogP contribution in [0.5, 0.6) is 0 Å². The summed E-state index contributed by atoms with van der Waals surface area (Å²) in [5.74, 6) is 0. The van der Waals surface area contributed by atoms with Gasteiger partial charge in [0.25, 0.3) is 0 Å². The van der Waals surface area contributed by atoms with Crippen molar-refractivity contribution < 1.29 is 24.2 Å². The Balaban J connectivity index is 2.26. The van der Waals surface area contributed by atoms with Gasteiger partial charge in [0.15, 0.2) is 0 Å². The first-order valence-corrected chi connectivity index (χ1v) is 7.85. The number of aliphatic hydroxyl groups excluding tert-OH is 1. The van der Waals surface area contributed by atoms with Crippen molar-refractivity contribution >= 4 is 12.2 Å².